The lowest BCUT2D eigenvalue weighted by Crippen LogP contribution is -2.27. The van der Waals surface area contributed by atoms with Gasteiger partial charge in [-0.25, -0.2) is 9.59 Å². The molecule has 6 heteroatoms. The summed E-state index contributed by atoms with van der Waals surface area (Å²) in [6.07, 6.45) is -0.803. The normalized spacial score (nSPS) is 11.9. The molecule has 3 rings (SSSR count). The molecule has 1 heterocycles. The van der Waals surface area contributed by atoms with Crippen molar-refractivity contribution in [3.63, 3.8) is 0 Å². The van der Waals surface area contributed by atoms with Gasteiger partial charge in [-0.3, -0.25) is 0 Å². The first-order valence-corrected chi connectivity index (χ1v) is 9.13. The molecule has 0 saturated heterocycles. The quantitative estimate of drug-likeness (QED) is 0.335. The maximum absolute atomic E-state index is 12.0. The molecule has 0 aliphatic rings. The first-order chi connectivity index (χ1) is 13.6. The molecule has 0 aliphatic heterocycles. The van der Waals surface area contributed by atoms with Crippen LogP contribution in [0, 0.1) is 0 Å². The third kappa shape index (κ3) is 4.78. The molecule has 6 nitrogen and oxygen atoms in total. The van der Waals surface area contributed by atoms with Crippen molar-refractivity contribution in [2.24, 2.45) is 0 Å². The average Bonchev–Trinajstić information content (AvgIpc) is 2.70. The van der Waals surface area contributed by atoms with Crippen molar-refractivity contribution in [3.05, 3.63) is 65.0 Å². The molecule has 0 saturated carbocycles. The Morgan fingerprint density at radius 1 is 1.07 bits per heavy atom. The number of fused-ring (bicyclic) bond motifs is 1. The maximum atomic E-state index is 12.0. The second-order valence-corrected chi connectivity index (χ2v) is 6.13. The Bertz CT molecular complexity index is 993. The number of carbonyl (C=O) groups excluding carboxylic acids is 1. The number of hydrogen-bond acceptors (Lipinski definition) is 6. The molecule has 3 aromatic rings. The minimum Gasteiger partial charge on any atom is -0.479 e. The van der Waals surface area contributed by atoms with E-state index >= 15 is 0 Å². The minimum absolute atomic E-state index is 0.174. The van der Waals surface area contributed by atoms with E-state index in [1.165, 1.54) is 6.07 Å². The standard InChI is InChI=1S/C22H22O6/c1-3-25-11-12-26-22(24)15(2)27-17-9-10-18-19(16-7-5-4-6-8-16)14-21(23)28-20(18)13-17/h4-10,13-15H,3,11-12H2,1-2H3/t15-/m1/s1. The van der Waals surface area contributed by atoms with E-state index < -0.39 is 17.7 Å². The molecular weight excluding hydrogens is 360 g/mol. The van der Waals surface area contributed by atoms with E-state index in [9.17, 15) is 9.59 Å². The molecule has 146 valence electrons. The van der Waals surface area contributed by atoms with Crippen LogP contribution in [0.15, 0.2) is 63.8 Å². The van der Waals surface area contributed by atoms with Crippen LogP contribution in [0.5, 0.6) is 5.75 Å². The second-order valence-electron chi connectivity index (χ2n) is 6.13. The minimum atomic E-state index is -0.803. The maximum Gasteiger partial charge on any atom is 0.347 e. The number of carbonyl (C=O) groups is 1. The molecule has 0 spiro atoms. The zero-order valence-corrected chi connectivity index (χ0v) is 15.8. The summed E-state index contributed by atoms with van der Waals surface area (Å²) in [5, 5.41) is 0.782. The molecule has 0 aliphatic carbocycles. The fourth-order valence-electron chi connectivity index (χ4n) is 2.79. The predicted molar refractivity (Wildman–Crippen MR) is 105 cm³/mol. The summed E-state index contributed by atoms with van der Waals surface area (Å²) in [5.74, 6) is -0.0746. The highest BCUT2D eigenvalue weighted by molar-refractivity contribution is 5.93. The zero-order chi connectivity index (χ0) is 19.9. The highest BCUT2D eigenvalue weighted by atomic mass is 16.6. The van der Waals surface area contributed by atoms with Gasteiger partial charge in [0.25, 0.3) is 0 Å². The van der Waals surface area contributed by atoms with Gasteiger partial charge in [0.15, 0.2) is 6.10 Å². The molecule has 0 N–H and O–H groups in total. The Morgan fingerprint density at radius 3 is 2.61 bits per heavy atom. The van der Waals surface area contributed by atoms with E-state index in [1.54, 1.807) is 19.1 Å². The fraction of sp³-hybridized carbons (Fsp3) is 0.273. The second kappa shape index (κ2) is 9.19. The van der Waals surface area contributed by atoms with Gasteiger partial charge in [0.2, 0.25) is 0 Å². The van der Waals surface area contributed by atoms with Crippen molar-refractivity contribution in [1.82, 2.24) is 0 Å². The van der Waals surface area contributed by atoms with Gasteiger partial charge in [0.1, 0.15) is 17.9 Å². The fourth-order valence-corrected chi connectivity index (χ4v) is 2.79. The highest BCUT2D eigenvalue weighted by Gasteiger charge is 2.17. The Morgan fingerprint density at radius 2 is 1.86 bits per heavy atom. The van der Waals surface area contributed by atoms with Crippen LogP contribution in [0.25, 0.3) is 22.1 Å². The van der Waals surface area contributed by atoms with Crippen molar-refractivity contribution in [2.45, 2.75) is 20.0 Å². The highest BCUT2D eigenvalue weighted by Crippen LogP contribution is 2.29. The Labute approximate surface area is 162 Å². The average molecular weight is 382 g/mol. The topological polar surface area (TPSA) is 75.0 Å². The van der Waals surface area contributed by atoms with Gasteiger partial charge in [-0.05, 0) is 37.1 Å². The number of hydrogen-bond donors (Lipinski definition) is 0. The zero-order valence-electron chi connectivity index (χ0n) is 15.8. The lowest BCUT2D eigenvalue weighted by Gasteiger charge is -2.14. The Hall–Kier alpha value is -3.12. The van der Waals surface area contributed by atoms with E-state index in [4.69, 9.17) is 18.6 Å². The van der Waals surface area contributed by atoms with Gasteiger partial charge in [-0.1, -0.05) is 30.3 Å². The molecule has 0 radical (unpaired) electrons. The van der Waals surface area contributed by atoms with Crippen LogP contribution in [-0.2, 0) is 14.3 Å². The lowest BCUT2D eigenvalue weighted by molar-refractivity contribution is -0.152. The molecule has 1 aromatic heterocycles. The molecule has 0 bridgehead atoms. The molecule has 2 aromatic carbocycles. The summed E-state index contributed by atoms with van der Waals surface area (Å²) in [5.41, 5.74) is 1.63. The Balaban J connectivity index is 1.79. The van der Waals surface area contributed by atoms with E-state index in [-0.39, 0.29) is 6.61 Å². The van der Waals surface area contributed by atoms with Crippen molar-refractivity contribution in [3.8, 4) is 16.9 Å². The molecule has 28 heavy (non-hydrogen) atoms. The Kier molecular flexibility index (Phi) is 6.45. The van der Waals surface area contributed by atoms with Gasteiger partial charge in [-0.15, -0.1) is 0 Å². The molecular formula is C22H22O6. The van der Waals surface area contributed by atoms with E-state index in [1.807, 2.05) is 43.3 Å². The summed E-state index contributed by atoms with van der Waals surface area (Å²) in [7, 11) is 0. The van der Waals surface area contributed by atoms with Crippen LogP contribution in [0.2, 0.25) is 0 Å². The molecule has 0 amide bonds. The summed E-state index contributed by atoms with van der Waals surface area (Å²) in [4.78, 5) is 24.0. The van der Waals surface area contributed by atoms with Crippen LogP contribution in [0.4, 0.5) is 0 Å². The SMILES string of the molecule is CCOCCOC(=O)[C@@H](C)Oc1ccc2c(-c3ccccc3)cc(=O)oc2c1. The predicted octanol–water partition coefficient (Wildman–Crippen LogP) is 3.81. The number of rotatable bonds is 8. The number of benzene rings is 2. The largest absolute Gasteiger partial charge is 0.479 e. The van der Waals surface area contributed by atoms with Crippen molar-refractivity contribution >= 4 is 16.9 Å². The van der Waals surface area contributed by atoms with Crippen LogP contribution in [-0.4, -0.2) is 31.9 Å². The third-order valence-electron chi connectivity index (χ3n) is 4.12. The molecule has 0 unspecified atom stereocenters. The summed E-state index contributed by atoms with van der Waals surface area (Å²) < 4.78 is 21.2. The monoisotopic (exact) mass is 382 g/mol. The van der Waals surface area contributed by atoms with Gasteiger partial charge < -0.3 is 18.6 Å². The van der Waals surface area contributed by atoms with Crippen LogP contribution in [0.3, 0.4) is 0 Å². The van der Waals surface area contributed by atoms with Gasteiger partial charge in [0, 0.05) is 24.1 Å². The summed E-state index contributed by atoms with van der Waals surface area (Å²) >= 11 is 0. The van der Waals surface area contributed by atoms with Crippen molar-refractivity contribution in [2.75, 3.05) is 19.8 Å². The van der Waals surface area contributed by atoms with Gasteiger partial charge >= 0.3 is 11.6 Å². The first kappa shape index (κ1) is 19.6. The summed E-state index contributed by atoms with van der Waals surface area (Å²) in [6.45, 7) is 4.56. The smallest absolute Gasteiger partial charge is 0.347 e. The van der Waals surface area contributed by atoms with E-state index in [2.05, 4.69) is 0 Å². The summed E-state index contributed by atoms with van der Waals surface area (Å²) in [6, 6.07) is 16.2. The third-order valence-corrected chi connectivity index (χ3v) is 4.12. The lowest BCUT2D eigenvalue weighted by atomic mass is 10.0. The molecule has 1 atom stereocenters. The van der Waals surface area contributed by atoms with Gasteiger partial charge in [-0.2, -0.15) is 0 Å². The van der Waals surface area contributed by atoms with E-state index in [0.29, 0.717) is 24.5 Å². The van der Waals surface area contributed by atoms with E-state index in [0.717, 1.165) is 16.5 Å². The first-order valence-electron chi connectivity index (χ1n) is 9.13. The van der Waals surface area contributed by atoms with Crippen LogP contribution in [0.1, 0.15) is 13.8 Å². The number of ether oxygens (including phenoxy) is 3. The van der Waals surface area contributed by atoms with Crippen molar-refractivity contribution in [1.29, 1.82) is 0 Å². The van der Waals surface area contributed by atoms with Crippen molar-refractivity contribution < 1.29 is 23.4 Å². The van der Waals surface area contributed by atoms with Crippen LogP contribution >= 0.6 is 0 Å². The van der Waals surface area contributed by atoms with Crippen LogP contribution < -0.4 is 10.4 Å². The number of esters is 1. The molecule has 0 fully saturated rings. The van der Waals surface area contributed by atoms with Gasteiger partial charge in [0.05, 0.1) is 6.61 Å².